The molecule has 18 heavy (non-hydrogen) atoms. The molecule has 1 aromatic rings. The lowest BCUT2D eigenvalue weighted by Gasteiger charge is -2.33. The summed E-state index contributed by atoms with van der Waals surface area (Å²) in [6.07, 6.45) is 2.92. The van der Waals surface area contributed by atoms with Crippen LogP contribution in [0.4, 0.5) is 0 Å². The number of nitrogens with zero attached hydrogens (tertiary/aromatic N) is 2. The zero-order valence-corrected chi connectivity index (χ0v) is 11.1. The van der Waals surface area contributed by atoms with Gasteiger partial charge in [0.15, 0.2) is 0 Å². The van der Waals surface area contributed by atoms with Gasteiger partial charge in [0.25, 0.3) is 5.91 Å². The van der Waals surface area contributed by atoms with Crippen molar-refractivity contribution in [3.05, 3.63) is 29.0 Å². The van der Waals surface area contributed by atoms with E-state index in [0.29, 0.717) is 29.7 Å². The van der Waals surface area contributed by atoms with Crippen LogP contribution in [0.25, 0.3) is 0 Å². The summed E-state index contributed by atoms with van der Waals surface area (Å²) in [6, 6.07) is 3.32. The highest BCUT2D eigenvalue weighted by Crippen LogP contribution is 2.21. The van der Waals surface area contributed by atoms with Crippen LogP contribution in [-0.2, 0) is 0 Å². The molecule has 1 atom stereocenters. The Labute approximate surface area is 112 Å². The molecule has 1 aliphatic rings. The lowest BCUT2D eigenvalue weighted by atomic mass is 9.92. The van der Waals surface area contributed by atoms with E-state index < -0.39 is 0 Å². The number of aliphatic hydroxyl groups is 1. The predicted molar refractivity (Wildman–Crippen MR) is 69.6 cm³/mol. The number of hydrogen-bond acceptors (Lipinski definition) is 3. The number of aromatic nitrogens is 1. The maximum absolute atomic E-state index is 12.2. The average molecular weight is 269 g/mol. The predicted octanol–water partition coefficient (Wildman–Crippen LogP) is 1.97. The molecule has 1 aromatic heterocycles. The maximum atomic E-state index is 12.2. The van der Waals surface area contributed by atoms with Gasteiger partial charge in [0.1, 0.15) is 5.15 Å². The van der Waals surface area contributed by atoms with Crippen LogP contribution in [0.15, 0.2) is 18.3 Å². The van der Waals surface area contributed by atoms with Gasteiger partial charge >= 0.3 is 0 Å². The Morgan fingerprint density at radius 2 is 2.17 bits per heavy atom. The number of likely N-dealkylation sites (tertiary alicyclic amines) is 1. The summed E-state index contributed by atoms with van der Waals surface area (Å²) >= 11 is 5.69. The van der Waals surface area contributed by atoms with E-state index in [2.05, 4.69) is 4.98 Å². The summed E-state index contributed by atoms with van der Waals surface area (Å²) in [5.41, 5.74) is 0.565. The van der Waals surface area contributed by atoms with Gasteiger partial charge in [-0.05, 0) is 37.8 Å². The molecule has 0 aliphatic carbocycles. The number of carbonyl (C=O) groups is 1. The van der Waals surface area contributed by atoms with Crippen LogP contribution in [0.3, 0.4) is 0 Å². The van der Waals surface area contributed by atoms with E-state index in [1.54, 1.807) is 12.1 Å². The Morgan fingerprint density at radius 1 is 1.50 bits per heavy atom. The molecule has 0 radical (unpaired) electrons. The van der Waals surface area contributed by atoms with Crippen molar-refractivity contribution < 1.29 is 9.90 Å². The number of hydrogen-bond donors (Lipinski definition) is 1. The third-order valence-electron chi connectivity index (χ3n) is 3.48. The van der Waals surface area contributed by atoms with Gasteiger partial charge in [0.05, 0.1) is 11.7 Å². The Kier molecular flexibility index (Phi) is 4.19. The molecule has 1 unspecified atom stereocenters. The second-order valence-electron chi connectivity index (χ2n) is 4.74. The molecule has 1 amide bonds. The summed E-state index contributed by atoms with van der Waals surface area (Å²) in [5, 5.41) is 9.91. The second kappa shape index (κ2) is 5.67. The van der Waals surface area contributed by atoms with Crippen LogP contribution in [0.5, 0.6) is 0 Å². The third kappa shape index (κ3) is 3.00. The molecular weight excluding hydrogens is 252 g/mol. The van der Waals surface area contributed by atoms with Gasteiger partial charge < -0.3 is 10.0 Å². The van der Waals surface area contributed by atoms with Gasteiger partial charge in [-0.15, -0.1) is 0 Å². The fourth-order valence-electron chi connectivity index (χ4n) is 2.27. The number of halogens is 1. The van der Waals surface area contributed by atoms with Crippen molar-refractivity contribution in [1.29, 1.82) is 0 Å². The van der Waals surface area contributed by atoms with Crippen LogP contribution >= 0.6 is 11.6 Å². The second-order valence-corrected chi connectivity index (χ2v) is 5.13. The molecule has 5 heteroatoms. The fourth-order valence-corrected chi connectivity index (χ4v) is 2.38. The molecule has 0 spiro atoms. The largest absolute Gasteiger partial charge is 0.393 e. The third-order valence-corrected chi connectivity index (χ3v) is 3.71. The Bertz CT molecular complexity index is 412. The lowest BCUT2D eigenvalue weighted by molar-refractivity contribution is 0.0521. The van der Waals surface area contributed by atoms with Gasteiger partial charge in [-0.25, -0.2) is 4.98 Å². The summed E-state index contributed by atoms with van der Waals surface area (Å²) in [6.45, 7) is 3.19. The molecule has 0 saturated carbocycles. The van der Waals surface area contributed by atoms with Gasteiger partial charge in [0.2, 0.25) is 0 Å². The van der Waals surface area contributed by atoms with Crippen LogP contribution in [0, 0.1) is 5.92 Å². The molecule has 4 nitrogen and oxygen atoms in total. The Hall–Kier alpha value is -1.13. The Balaban J connectivity index is 1.97. The van der Waals surface area contributed by atoms with Crippen molar-refractivity contribution in [2.45, 2.75) is 25.9 Å². The molecule has 1 N–H and O–H groups in total. The van der Waals surface area contributed by atoms with Gasteiger partial charge in [-0.3, -0.25) is 4.79 Å². The monoisotopic (exact) mass is 268 g/mol. The van der Waals surface area contributed by atoms with Crippen LogP contribution in [0.1, 0.15) is 30.1 Å². The van der Waals surface area contributed by atoms with Crippen molar-refractivity contribution in [2.24, 2.45) is 5.92 Å². The van der Waals surface area contributed by atoms with E-state index in [4.69, 9.17) is 11.6 Å². The number of piperidine rings is 1. The van der Waals surface area contributed by atoms with Crippen LogP contribution < -0.4 is 0 Å². The molecule has 2 heterocycles. The molecule has 0 bridgehead atoms. The van der Waals surface area contributed by atoms with Gasteiger partial charge in [0, 0.05) is 19.3 Å². The number of rotatable bonds is 2. The highest BCUT2D eigenvalue weighted by Gasteiger charge is 2.25. The van der Waals surface area contributed by atoms with Crippen LogP contribution in [-0.4, -0.2) is 40.1 Å². The normalized spacial score (nSPS) is 18.7. The Morgan fingerprint density at radius 3 is 2.67 bits per heavy atom. The summed E-state index contributed by atoms with van der Waals surface area (Å²) in [4.78, 5) is 17.9. The number of carbonyl (C=O) groups excluding carboxylic acids is 1. The molecule has 0 aromatic carbocycles. The summed E-state index contributed by atoms with van der Waals surface area (Å²) < 4.78 is 0. The van der Waals surface area contributed by atoms with Crippen molar-refractivity contribution in [3.8, 4) is 0 Å². The van der Waals surface area contributed by atoms with E-state index in [0.717, 1.165) is 12.8 Å². The van der Waals surface area contributed by atoms with Crippen molar-refractivity contribution in [1.82, 2.24) is 9.88 Å². The lowest BCUT2D eigenvalue weighted by Crippen LogP contribution is -2.40. The van der Waals surface area contributed by atoms with Crippen molar-refractivity contribution >= 4 is 17.5 Å². The standard InChI is InChI=1S/C13H17ClN2O2/c1-9(17)10-4-6-16(7-5-10)13(18)11-2-3-12(14)15-8-11/h2-3,8-10,17H,4-7H2,1H3. The zero-order chi connectivity index (χ0) is 13.1. The zero-order valence-electron chi connectivity index (χ0n) is 10.3. The van der Waals surface area contributed by atoms with E-state index in [-0.39, 0.29) is 12.0 Å². The minimum atomic E-state index is -0.292. The van der Waals surface area contributed by atoms with Gasteiger partial charge in [-0.1, -0.05) is 11.6 Å². The van der Waals surface area contributed by atoms with Crippen molar-refractivity contribution in [2.75, 3.05) is 13.1 Å². The minimum Gasteiger partial charge on any atom is -0.393 e. The molecule has 1 fully saturated rings. The number of pyridine rings is 1. The first kappa shape index (κ1) is 13.3. The molecule has 2 rings (SSSR count). The molecule has 98 valence electrons. The molecule has 1 saturated heterocycles. The topological polar surface area (TPSA) is 53.4 Å². The maximum Gasteiger partial charge on any atom is 0.255 e. The highest BCUT2D eigenvalue weighted by molar-refractivity contribution is 6.29. The van der Waals surface area contributed by atoms with Crippen molar-refractivity contribution in [3.63, 3.8) is 0 Å². The molecular formula is C13H17ClN2O2. The van der Waals surface area contributed by atoms with E-state index in [1.807, 2.05) is 11.8 Å². The fraction of sp³-hybridized carbons (Fsp3) is 0.538. The summed E-state index contributed by atoms with van der Waals surface area (Å²) in [7, 11) is 0. The number of amides is 1. The van der Waals surface area contributed by atoms with E-state index >= 15 is 0 Å². The SMILES string of the molecule is CC(O)C1CCN(C(=O)c2ccc(Cl)nc2)CC1. The molecule has 1 aliphatic heterocycles. The minimum absolute atomic E-state index is 0.0109. The summed E-state index contributed by atoms with van der Waals surface area (Å²) in [5.74, 6) is 0.292. The first-order chi connectivity index (χ1) is 8.58. The average Bonchev–Trinajstić information content (AvgIpc) is 2.39. The first-order valence-electron chi connectivity index (χ1n) is 6.17. The number of aliphatic hydroxyl groups excluding tert-OH is 1. The van der Waals surface area contributed by atoms with E-state index in [1.165, 1.54) is 6.20 Å². The smallest absolute Gasteiger partial charge is 0.255 e. The van der Waals surface area contributed by atoms with Crippen LogP contribution in [0.2, 0.25) is 5.15 Å². The van der Waals surface area contributed by atoms with E-state index in [9.17, 15) is 9.90 Å². The van der Waals surface area contributed by atoms with Gasteiger partial charge in [-0.2, -0.15) is 0 Å². The highest BCUT2D eigenvalue weighted by atomic mass is 35.5. The quantitative estimate of drug-likeness (QED) is 0.835. The first-order valence-corrected chi connectivity index (χ1v) is 6.54.